The number of carbonyl (C=O) groups excluding carboxylic acids is 1. The molecule has 3 nitrogen and oxygen atoms in total. The molecule has 0 saturated heterocycles. The quantitative estimate of drug-likeness (QED) is 0.794. The first kappa shape index (κ1) is 12.8. The van der Waals surface area contributed by atoms with Crippen LogP contribution >= 0.6 is 11.3 Å². The van der Waals surface area contributed by atoms with Crippen LogP contribution in [-0.4, -0.2) is 18.1 Å². The minimum Gasteiger partial charge on any atom is -0.464 e. The highest BCUT2D eigenvalue weighted by molar-refractivity contribution is 7.15. The number of methoxy groups -OCH3 is 1. The summed E-state index contributed by atoms with van der Waals surface area (Å²) in [5.74, 6) is -0.375. The Morgan fingerprint density at radius 2 is 2.11 bits per heavy atom. The van der Waals surface area contributed by atoms with Crippen molar-refractivity contribution in [3.05, 3.63) is 40.5 Å². The van der Waals surface area contributed by atoms with E-state index in [0.717, 1.165) is 21.9 Å². The minimum atomic E-state index is -0.375. The predicted molar refractivity (Wildman–Crippen MR) is 73.0 cm³/mol. The van der Waals surface area contributed by atoms with E-state index in [1.807, 2.05) is 25.1 Å². The van der Waals surface area contributed by atoms with E-state index < -0.39 is 0 Å². The van der Waals surface area contributed by atoms with Crippen LogP contribution in [0.3, 0.4) is 0 Å². The highest BCUT2D eigenvalue weighted by Crippen LogP contribution is 2.33. The molecule has 1 aromatic heterocycles. The average molecular weight is 261 g/mol. The minimum absolute atomic E-state index is 0.375. The number of rotatable bonds is 3. The van der Waals surface area contributed by atoms with Gasteiger partial charge in [-0.3, -0.25) is 0 Å². The van der Waals surface area contributed by atoms with Crippen LogP contribution in [0, 0.1) is 6.92 Å². The van der Waals surface area contributed by atoms with E-state index in [0.29, 0.717) is 5.69 Å². The molecule has 0 aliphatic heterocycles. The van der Waals surface area contributed by atoms with Crippen LogP contribution in [0.2, 0.25) is 0 Å². The van der Waals surface area contributed by atoms with Gasteiger partial charge >= 0.3 is 5.97 Å². The van der Waals surface area contributed by atoms with Crippen molar-refractivity contribution in [3.8, 4) is 10.4 Å². The number of benzene rings is 1. The van der Waals surface area contributed by atoms with E-state index >= 15 is 0 Å². The zero-order chi connectivity index (χ0) is 13.1. The molecule has 0 bridgehead atoms. The average Bonchev–Trinajstić information content (AvgIpc) is 2.79. The Hall–Kier alpha value is -1.68. The molecule has 18 heavy (non-hydrogen) atoms. The molecule has 1 heterocycles. The molecule has 4 heteroatoms. The van der Waals surface area contributed by atoms with Gasteiger partial charge in [-0.05, 0) is 24.5 Å². The Labute approximate surface area is 110 Å². The van der Waals surface area contributed by atoms with Crippen molar-refractivity contribution in [1.82, 2.24) is 4.98 Å². The summed E-state index contributed by atoms with van der Waals surface area (Å²) in [6.45, 7) is 4.00. The summed E-state index contributed by atoms with van der Waals surface area (Å²) in [5, 5.41) is 0.872. The summed E-state index contributed by atoms with van der Waals surface area (Å²) < 4.78 is 4.79. The fraction of sp³-hybridized carbons (Fsp3) is 0.286. The van der Waals surface area contributed by atoms with E-state index in [2.05, 4.69) is 18.0 Å². The van der Waals surface area contributed by atoms with Gasteiger partial charge in [0.1, 0.15) is 0 Å². The van der Waals surface area contributed by atoms with E-state index in [-0.39, 0.29) is 5.97 Å². The molecule has 0 aliphatic rings. The fourth-order valence-corrected chi connectivity index (χ4v) is 2.86. The zero-order valence-electron chi connectivity index (χ0n) is 10.7. The zero-order valence-corrected chi connectivity index (χ0v) is 11.5. The first-order chi connectivity index (χ1) is 8.67. The number of hydrogen-bond donors (Lipinski definition) is 0. The topological polar surface area (TPSA) is 39.2 Å². The standard InChI is InChI=1S/C14H15NO2S/c1-4-10-7-5-6-8-11(10)13-12(14(16)17-3)15-9(2)18-13/h5-8H,4H2,1-3H3. The van der Waals surface area contributed by atoms with Gasteiger partial charge in [0.05, 0.1) is 17.0 Å². The number of thiazole rings is 1. The number of ether oxygens (including phenoxy) is 1. The summed E-state index contributed by atoms with van der Waals surface area (Å²) in [5.41, 5.74) is 2.71. The van der Waals surface area contributed by atoms with E-state index in [1.165, 1.54) is 24.0 Å². The molecular weight excluding hydrogens is 246 g/mol. The second-order valence-electron chi connectivity index (χ2n) is 3.91. The molecule has 0 amide bonds. The maximum Gasteiger partial charge on any atom is 0.358 e. The Kier molecular flexibility index (Phi) is 3.77. The van der Waals surface area contributed by atoms with Crippen molar-refractivity contribution in [2.75, 3.05) is 7.11 Å². The normalized spacial score (nSPS) is 10.4. The lowest BCUT2D eigenvalue weighted by Gasteiger charge is -2.06. The summed E-state index contributed by atoms with van der Waals surface area (Å²) in [6.07, 6.45) is 0.924. The van der Waals surface area contributed by atoms with Crippen LogP contribution in [0.15, 0.2) is 24.3 Å². The van der Waals surface area contributed by atoms with Gasteiger partial charge in [0.15, 0.2) is 5.69 Å². The maximum atomic E-state index is 11.7. The van der Waals surface area contributed by atoms with Crippen LogP contribution in [0.4, 0.5) is 0 Å². The number of aromatic nitrogens is 1. The van der Waals surface area contributed by atoms with Gasteiger partial charge < -0.3 is 4.74 Å². The van der Waals surface area contributed by atoms with Gasteiger partial charge in [0.2, 0.25) is 0 Å². The Morgan fingerprint density at radius 3 is 2.78 bits per heavy atom. The van der Waals surface area contributed by atoms with Crippen molar-refractivity contribution >= 4 is 17.3 Å². The van der Waals surface area contributed by atoms with E-state index in [9.17, 15) is 4.79 Å². The summed E-state index contributed by atoms with van der Waals surface area (Å²) in [7, 11) is 1.38. The molecule has 0 N–H and O–H groups in total. The van der Waals surface area contributed by atoms with Crippen molar-refractivity contribution in [2.24, 2.45) is 0 Å². The molecule has 94 valence electrons. The lowest BCUT2D eigenvalue weighted by molar-refractivity contribution is 0.0595. The van der Waals surface area contributed by atoms with Gasteiger partial charge in [0.25, 0.3) is 0 Å². The van der Waals surface area contributed by atoms with Crippen LogP contribution in [0.25, 0.3) is 10.4 Å². The van der Waals surface area contributed by atoms with Crippen LogP contribution in [0.1, 0.15) is 28.0 Å². The van der Waals surface area contributed by atoms with Crippen LogP contribution < -0.4 is 0 Å². The molecular formula is C14H15NO2S. The third-order valence-electron chi connectivity index (χ3n) is 2.76. The summed E-state index contributed by atoms with van der Waals surface area (Å²) in [6, 6.07) is 8.09. The fourth-order valence-electron chi connectivity index (χ4n) is 1.89. The molecule has 0 spiro atoms. The Morgan fingerprint density at radius 1 is 1.39 bits per heavy atom. The molecule has 0 atom stereocenters. The molecule has 2 aromatic rings. The number of carbonyl (C=O) groups is 1. The van der Waals surface area contributed by atoms with Gasteiger partial charge in [-0.15, -0.1) is 11.3 Å². The van der Waals surface area contributed by atoms with Crippen LogP contribution in [-0.2, 0) is 11.2 Å². The number of nitrogens with zero attached hydrogens (tertiary/aromatic N) is 1. The predicted octanol–water partition coefficient (Wildman–Crippen LogP) is 3.47. The molecule has 2 rings (SSSR count). The highest BCUT2D eigenvalue weighted by Gasteiger charge is 2.20. The largest absolute Gasteiger partial charge is 0.464 e. The second-order valence-corrected chi connectivity index (χ2v) is 5.12. The molecule has 1 aromatic carbocycles. The van der Waals surface area contributed by atoms with Gasteiger partial charge in [-0.2, -0.15) is 0 Å². The molecule has 0 fully saturated rings. The van der Waals surface area contributed by atoms with Crippen molar-refractivity contribution in [3.63, 3.8) is 0 Å². The number of esters is 1. The van der Waals surface area contributed by atoms with E-state index in [4.69, 9.17) is 4.74 Å². The van der Waals surface area contributed by atoms with Crippen LogP contribution in [0.5, 0.6) is 0 Å². The monoisotopic (exact) mass is 261 g/mol. The Balaban J connectivity index is 2.60. The smallest absolute Gasteiger partial charge is 0.358 e. The van der Waals surface area contributed by atoms with Crippen molar-refractivity contribution in [2.45, 2.75) is 20.3 Å². The highest BCUT2D eigenvalue weighted by atomic mass is 32.1. The number of hydrogen-bond acceptors (Lipinski definition) is 4. The first-order valence-electron chi connectivity index (χ1n) is 5.81. The second kappa shape index (κ2) is 5.31. The van der Waals surface area contributed by atoms with Crippen molar-refractivity contribution in [1.29, 1.82) is 0 Å². The Bertz CT molecular complexity index is 575. The maximum absolute atomic E-state index is 11.7. The lowest BCUT2D eigenvalue weighted by atomic mass is 10.0. The molecule has 0 radical (unpaired) electrons. The summed E-state index contributed by atoms with van der Waals surface area (Å²) >= 11 is 1.53. The number of aryl methyl sites for hydroxylation is 2. The third kappa shape index (κ3) is 2.29. The van der Waals surface area contributed by atoms with Gasteiger partial charge in [0, 0.05) is 0 Å². The van der Waals surface area contributed by atoms with E-state index in [1.54, 1.807) is 0 Å². The van der Waals surface area contributed by atoms with Gasteiger partial charge in [-0.25, -0.2) is 9.78 Å². The molecule has 0 aliphatic carbocycles. The SMILES string of the molecule is CCc1ccccc1-c1sc(C)nc1C(=O)OC. The van der Waals surface area contributed by atoms with Gasteiger partial charge in [-0.1, -0.05) is 31.2 Å². The first-order valence-corrected chi connectivity index (χ1v) is 6.63. The molecule has 0 saturated carbocycles. The van der Waals surface area contributed by atoms with Crippen molar-refractivity contribution < 1.29 is 9.53 Å². The lowest BCUT2D eigenvalue weighted by Crippen LogP contribution is -2.03. The molecule has 0 unspecified atom stereocenters. The summed E-state index contributed by atoms with van der Waals surface area (Å²) in [4.78, 5) is 16.9. The third-order valence-corrected chi connectivity index (χ3v) is 3.76.